The number of nitrogens with one attached hydrogen (secondary N) is 1. The van der Waals surface area contributed by atoms with Crippen LogP contribution in [0.3, 0.4) is 0 Å². The van der Waals surface area contributed by atoms with Gasteiger partial charge in [-0.15, -0.1) is 0 Å². The van der Waals surface area contributed by atoms with Crippen molar-refractivity contribution in [3.05, 3.63) is 64.5 Å². The molecule has 3 aromatic rings. The lowest BCUT2D eigenvalue weighted by atomic mass is 9.88. The van der Waals surface area contributed by atoms with E-state index in [-0.39, 0.29) is 5.91 Å². The van der Waals surface area contributed by atoms with Gasteiger partial charge in [-0.05, 0) is 80.8 Å². The Morgan fingerprint density at radius 1 is 1.06 bits per heavy atom. The highest BCUT2D eigenvalue weighted by molar-refractivity contribution is 5.98. The minimum atomic E-state index is 0.0808. The van der Waals surface area contributed by atoms with E-state index in [0.29, 0.717) is 17.3 Å². The molecule has 2 saturated heterocycles. The molecule has 2 aliphatic rings. The van der Waals surface area contributed by atoms with Crippen LogP contribution in [0.15, 0.2) is 36.4 Å². The summed E-state index contributed by atoms with van der Waals surface area (Å²) in [5.74, 6) is 1.91. The maximum Gasteiger partial charge on any atom is 0.254 e. The van der Waals surface area contributed by atoms with Crippen LogP contribution in [-0.2, 0) is 0 Å². The van der Waals surface area contributed by atoms with Gasteiger partial charge in [0.25, 0.3) is 5.91 Å². The van der Waals surface area contributed by atoms with Crippen molar-refractivity contribution in [2.75, 3.05) is 31.1 Å². The average molecular weight is 455 g/mol. The van der Waals surface area contributed by atoms with E-state index in [0.717, 1.165) is 67.2 Å². The zero-order valence-corrected chi connectivity index (χ0v) is 19.8. The summed E-state index contributed by atoms with van der Waals surface area (Å²) in [6.45, 7) is 7.42. The first-order chi connectivity index (χ1) is 16.5. The molecule has 2 aromatic carbocycles. The largest absolute Gasteiger partial charge is 0.371 e. The standard InChI is InChI=1S/C27H30N6O/c1-18-15-25(32-11-3-4-12-32)24(26-29-19(2)30-31-26)16-23(18)27(34)33-13-9-22(10-14-33)21-7-5-20(17-28)6-8-21/h5-8,15-16,22H,3-4,9-14H2,1-2H3,(H,29,30,31). The van der Waals surface area contributed by atoms with Crippen molar-refractivity contribution in [3.63, 3.8) is 0 Å². The van der Waals surface area contributed by atoms with Gasteiger partial charge in [0.2, 0.25) is 0 Å². The molecule has 0 unspecified atom stereocenters. The number of carbonyl (C=O) groups excluding carboxylic acids is 1. The monoisotopic (exact) mass is 454 g/mol. The Morgan fingerprint density at radius 3 is 2.38 bits per heavy atom. The van der Waals surface area contributed by atoms with E-state index in [1.807, 2.05) is 49.1 Å². The first kappa shape index (κ1) is 22.1. The zero-order valence-electron chi connectivity index (χ0n) is 19.8. The maximum absolute atomic E-state index is 13.6. The van der Waals surface area contributed by atoms with Crippen LogP contribution in [0.4, 0.5) is 5.69 Å². The van der Waals surface area contributed by atoms with Crippen LogP contribution in [0.5, 0.6) is 0 Å². The van der Waals surface area contributed by atoms with Crippen LogP contribution in [0, 0.1) is 25.2 Å². The molecule has 174 valence electrons. The van der Waals surface area contributed by atoms with Gasteiger partial charge in [-0.3, -0.25) is 9.89 Å². The number of amides is 1. The van der Waals surface area contributed by atoms with E-state index < -0.39 is 0 Å². The third-order valence-electron chi connectivity index (χ3n) is 7.15. The van der Waals surface area contributed by atoms with Crippen LogP contribution >= 0.6 is 0 Å². The van der Waals surface area contributed by atoms with Gasteiger partial charge in [0.05, 0.1) is 11.6 Å². The van der Waals surface area contributed by atoms with E-state index >= 15 is 0 Å². The molecule has 2 aliphatic heterocycles. The Kier molecular flexibility index (Phi) is 6.06. The van der Waals surface area contributed by atoms with Crippen molar-refractivity contribution in [1.82, 2.24) is 20.1 Å². The minimum Gasteiger partial charge on any atom is -0.371 e. The molecular formula is C27H30N6O. The summed E-state index contributed by atoms with van der Waals surface area (Å²) in [4.78, 5) is 22.5. The molecule has 0 radical (unpaired) electrons. The fourth-order valence-electron chi connectivity index (χ4n) is 5.20. The SMILES string of the molecule is Cc1nc(-c2cc(C(=O)N3CCC(c4ccc(C#N)cc4)CC3)c(C)cc2N2CCCC2)n[nH]1. The maximum atomic E-state index is 13.6. The number of H-pyrrole nitrogens is 1. The number of hydrogen-bond donors (Lipinski definition) is 1. The second-order valence-electron chi connectivity index (χ2n) is 9.42. The quantitative estimate of drug-likeness (QED) is 0.623. The van der Waals surface area contributed by atoms with E-state index in [1.54, 1.807) is 0 Å². The lowest BCUT2D eigenvalue weighted by Gasteiger charge is -2.33. The second-order valence-corrected chi connectivity index (χ2v) is 9.42. The van der Waals surface area contributed by atoms with Crippen molar-refractivity contribution in [1.29, 1.82) is 5.26 Å². The lowest BCUT2D eigenvalue weighted by molar-refractivity contribution is 0.0712. The number of nitriles is 1. The summed E-state index contributed by atoms with van der Waals surface area (Å²) in [6, 6.07) is 14.2. The molecule has 2 fully saturated rings. The Labute approximate surface area is 200 Å². The molecule has 34 heavy (non-hydrogen) atoms. The zero-order chi connectivity index (χ0) is 23.7. The number of aromatic amines is 1. The summed E-state index contributed by atoms with van der Waals surface area (Å²) in [6.07, 6.45) is 4.21. The number of likely N-dealkylation sites (tertiary alicyclic amines) is 1. The highest BCUT2D eigenvalue weighted by Gasteiger charge is 2.28. The first-order valence-electron chi connectivity index (χ1n) is 12.1. The second kappa shape index (κ2) is 9.30. The highest BCUT2D eigenvalue weighted by atomic mass is 16.2. The first-order valence-corrected chi connectivity index (χ1v) is 12.1. The van der Waals surface area contributed by atoms with Crippen molar-refractivity contribution in [3.8, 4) is 17.5 Å². The fraction of sp³-hybridized carbons (Fsp3) is 0.407. The van der Waals surface area contributed by atoms with Gasteiger partial charge in [-0.1, -0.05) is 12.1 Å². The van der Waals surface area contributed by atoms with Crippen LogP contribution in [-0.4, -0.2) is 52.2 Å². The van der Waals surface area contributed by atoms with Crippen molar-refractivity contribution in [2.45, 2.75) is 45.4 Å². The van der Waals surface area contributed by atoms with Gasteiger partial charge in [0, 0.05) is 43.0 Å². The van der Waals surface area contributed by atoms with Crippen molar-refractivity contribution in [2.24, 2.45) is 0 Å². The molecule has 0 saturated carbocycles. The van der Waals surface area contributed by atoms with Gasteiger partial charge >= 0.3 is 0 Å². The average Bonchev–Trinajstić information content (AvgIpc) is 3.56. The minimum absolute atomic E-state index is 0.0808. The van der Waals surface area contributed by atoms with Crippen LogP contribution < -0.4 is 4.90 Å². The summed E-state index contributed by atoms with van der Waals surface area (Å²) in [5, 5.41) is 16.4. The van der Waals surface area contributed by atoms with Gasteiger partial charge < -0.3 is 9.80 Å². The number of carbonyl (C=O) groups is 1. The van der Waals surface area contributed by atoms with Gasteiger partial charge in [0.15, 0.2) is 5.82 Å². The van der Waals surface area contributed by atoms with E-state index in [4.69, 9.17) is 5.26 Å². The predicted molar refractivity (Wildman–Crippen MR) is 132 cm³/mol. The summed E-state index contributed by atoms with van der Waals surface area (Å²) < 4.78 is 0. The van der Waals surface area contributed by atoms with Gasteiger partial charge in [-0.2, -0.15) is 10.4 Å². The molecule has 7 heteroatoms. The van der Waals surface area contributed by atoms with Gasteiger partial charge in [-0.25, -0.2) is 4.98 Å². The third-order valence-corrected chi connectivity index (χ3v) is 7.15. The molecule has 1 aromatic heterocycles. The molecule has 7 nitrogen and oxygen atoms in total. The molecule has 1 amide bonds. The Balaban J connectivity index is 1.38. The van der Waals surface area contributed by atoms with E-state index in [2.05, 4.69) is 32.2 Å². The normalized spacial score (nSPS) is 16.6. The highest BCUT2D eigenvalue weighted by Crippen LogP contribution is 2.35. The number of hydrogen-bond acceptors (Lipinski definition) is 5. The summed E-state index contributed by atoms with van der Waals surface area (Å²) >= 11 is 0. The van der Waals surface area contributed by atoms with E-state index in [1.165, 1.54) is 18.4 Å². The number of aromatic nitrogens is 3. The van der Waals surface area contributed by atoms with Crippen molar-refractivity contribution >= 4 is 11.6 Å². The van der Waals surface area contributed by atoms with Crippen LogP contribution in [0.25, 0.3) is 11.4 Å². The fourth-order valence-corrected chi connectivity index (χ4v) is 5.20. The van der Waals surface area contributed by atoms with Crippen LogP contribution in [0.2, 0.25) is 0 Å². The summed E-state index contributed by atoms with van der Waals surface area (Å²) in [7, 11) is 0. The number of nitrogens with zero attached hydrogens (tertiary/aromatic N) is 5. The topological polar surface area (TPSA) is 88.9 Å². The van der Waals surface area contributed by atoms with E-state index in [9.17, 15) is 4.79 Å². The third kappa shape index (κ3) is 4.28. The summed E-state index contributed by atoms with van der Waals surface area (Å²) in [5.41, 5.74) is 5.70. The molecular weight excluding hydrogens is 424 g/mol. The number of benzene rings is 2. The molecule has 5 rings (SSSR count). The van der Waals surface area contributed by atoms with Gasteiger partial charge in [0.1, 0.15) is 5.82 Å². The van der Waals surface area contributed by atoms with Crippen molar-refractivity contribution < 1.29 is 4.79 Å². The number of aryl methyl sites for hydroxylation is 2. The Hall–Kier alpha value is -3.66. The molecule has 0 bridgehead atoms. The lowest BCUT2D eigenvalue weighted by Crippen LogP contribution is -2.38. The number of anilines is 1. The van der Waals surface area contributed by atoms with Crippen LogP contribution in [0.1, 0.15) is 64.5 Å². The Morgan fingerprint density at radius 2 is 1.76 bits per heavy atom. The number of piperidine rings is 1. The molecule has 0 spiro atoms. The Bertz CT molecular complexity index is 1220. The number of rotatable bonds is 4. The molecule has 0 atom stereocenters. The molecule has 0 aliphatic carbocycles. The molecule has 1 N–H and O–H groups in total. The smallest absolute Gasteiger partial charge is 0.254 e. The molecule has 3 heterocycles. The predicted octanol–water partition coefficient (Wildman–Crippen LogP) is 4.58.